The lowest BCUT2D eigenvalue weighted by Crippen LogP contribution is -2.40. The molecule has 1 atom stereocenters. The Balaban J connectivity index is 1.76. The molecule has 2 aromatic carbocycles. The molecule has 3 aromatic rings. The van der Waals surface area contributed by atoms with Gasteiger partial charge in [-0.15, -0.1) is 0 Å². The minimum Gasteiger partial charge on any atom is -0.492 e. The van der Waals surface area contributed by atoms with Gasteiger partial charge in [-0.3, -0.25) is 0 Å². The van der Waals surface area contributed by atoms with Crippen LogP contribution in [-0.2, 0) is 16.6 Å². The highest BCUT2D eigenvalue weighted by molar-refractivity contribution is 7.89. The Labute approximate surface area is 168 Å². The average molecular weight is 416 g/mol. The average Bonchev–Trinajstić information content (AvgIpc) is 2.93. The lowest BCUT2D eigenvalue weighted by atomic mass is 10.0. The fourth-order valence-corrected chi connectivity index (χ4v) is 5.48. The molecule has 0 fully saturated rings. The number of aromatic nitrogens is 1. The molecule has 0 aliphatic carbocycles. The third-order valence-corrected chi connectivity index (χ3v) is 7.26. The molecule has 152 valence electrons. The van der Waals surface area contributed by atoms with Crippen LogP contribution in [0.5, 0.6) is 5.75 Å². The lowest BCUT2D eigenvalue weighted by Gasteiger charge is -2.25. The predicted molar refractivity (Wildman–Crippen MR) is 105 cm³/mol. The summed E-state index contributed by atoms with van der Waals surface area (Å²) in [4.78, 5) is 0.0917. The topological polar surface area (TPSA) is 72.6 Å². The quantitative estimate of drug-likeness (QED) is 0.644. The molecule has 0 saturated heterocycles. The predicted octanol–water partition coefficient (Wildman–Crippen LogP) is 4.07. The van der Waals surface area contributed by atoms with Gasteiger partial charge in [-0.05, 0) is 56.2 Å². The van der Waals surface area contributed by atoms with Crippen LogP contribution in [0.2, 0.25) is 0 Å². The number of nitrogens with zero attached hydrogens (tertiary/aromatic N) is 2. The van der Waals surface area contributed by atoms with Crippen molar-refractivity contribution in [1.29, 1.82) is 0 Å². The van der Waals surface area contributed by atoms with E-state index in [1.807, 2.05) is 18.2 Å². The van der Waals surface area contributed by atoms with Crippen molar-refractivity contribution in [3.05, 3.63) is 65.3 Å². The summed E-state index contributed by atoms with van der Waals surface area (Å²) in [5.41, 5.74) is 2.54. The Morgan fingerprint density at radius 1 is 1.14 bits per heavy atom. The normalized spacial score (nSPS) is 17.4. The van der Waals surface area contributed by atoms with Gasteiger partial charge >= 0.3 is 0 Å². The summed E-state index contributed by atoms with van der Waals surface area (Å²) in [6, 6.07) is 11.4. The van der Waals surface area contributed by atoms with Crippen LogP contribution in [0, 0.1) is 19.7 Å². The molecule has 29 heavy (non-hydrogen) atoms. The summed E-state index contributed by atoms with van der Waals surface area (Å²) in [5, 5.41) is 3.78. The molecule has 0 amide bonds. The van der Waals surface area contributed by atoms with E-state index >= 15 is 0 Å². The second kappa shape index (κ2) is 7.27. The molecule has 4 rings (SSSR count). The second-order valence-electron chi connectivity index (χ2n) is 7.20. The zero-order chi connectivity index (χ0) is 20.8. The van der Waals surface area contributed by atoms with E-state index in [9.17, 15) is 12.8 Å². The Morgan fingerprint density at radius 3 is 2.59 bits per heavy atom. The maximum Gasteiger partial charge on any atom is 0.249 e. The van der Waals surface area contributed by atoms with Crippen LogP contribution < -0.4 is 4.74 Å². The van der Waals surface area contributed by atoms with Crippen molar-refractivity contribution in [2.45, 2.75) is 38.3 Å². The van der Waals surface area contributed by atoms with Crippen LogP contribution in [0.25, 0.3) is 11.1 Å². The smallest absolute Gasteiger partial charge is 0.249 e. The number of halogens is 1. The first-order chi connectivity index (χ1) is 13.8. The first-order valence-corrected chi connectivity index (χ1v) is 10.7. The lowest BCUT2D eigenvalue weighted by molar-refractivity contribution is 0.233. The van der Waals surface area contributed by atoms with Crippen molar-refractivity contribution in [1.82, 2.24) is 9.46 Å². The largest absolute Gasteiger partial charge is 0.492 e. The molecule has 8 heteroatoms. The summed E-state index contributed by atoms with van der Waals surface area (Å²) in [7, 11) is -3.84. The maximum absolute atomic E-state index is 13.6. The zero-order valence-corrected chi connectivity index (χ0v) is 17.2. The summed E-state index contributed by atoms with van der Waals surface area (Å²) < 4.78 is 52.7. The van der Waals surface area contributed by atoms with Gasteiger partial charge in [-0.1, -0.05) is 23.4 Å². The van der Waals surface area contributed by atoms with Gasteiger partial charge in [-0.2, -0.15) is 4.31 Å². The molecular weight excluding hydrogens is 395 g/mol. The molecule has 1 aromatic heterocycles. The van der Waals surface area contributed by atoms with Gasteiger partial charge in [0, 0.05) is 12.1 Å². The first kappa shape index (κ1) is 19.6. The summed E-state index contributed by atoms with van der Waals surface area (Å²) in [6.07, 6.45) is 0. The van der Waals surface area contributed by atoms with Gasteiger partial charge in [0.2, 0.25) is 10.0 Å². The third kappa shape index (κ3) is 3.54. The van der Waals surface area contributed by atoms with Crippen molar-refractivity contribution in [2.75, 3.05) is 6.61 Å². The number of rotatable bonds is 3. The number of hydrogen-bond acceptors (Lipinski definition) is 5. The highest BCUT2D eigenvalue weighted by Crippen LogP contribution is 2.34. The molecule has 0 saturated carbocycles. The van der Waals surface area contributed by atoms with E-state index in [4.69, 9.17) is 9.26 Å². The highest BCUT2D eigenvalue weighted by atomic mass is 32.2. The van der Waals surface area contributed by atoms with Gasteiger partial charge in [0.1, 0.15) is 28.8 Å². The minimum absolute atomic E-state index is 0.0917. The summed E-state index contributed by atoms with van der Waals surface area (Å²) >= 11 is 0. The van der Waals surface area contributed by atoms with E-state index in [1.54, 1.807) is 32.9 Å². The fourth-order valence-electron chi connectivity index (χ4n) is 3.59. The number of ether oxygens (including phenoxy) is 1. The Morgan fingerprint density at radius 2 is 1.90 bits per heavy atom. The van der Waals surface area contributed by atoms with Gasteiger partial charge in [-0.25, -0.2) is 12.8 Å². The van der Waals surface area contributed by atoms with Crippen LogP contribution >= 0.6 is 0 Å². The van der Waals surface area contributed by atoms with Crippen molar-refractivity contribution >= 4 is 10.0 Å². The van der Waals surface area contributed by atoms with Crippen LogP contribution in [0.3, 0.4) is 0 Å². The van der Waals surface area contributed by atoms with Gasteiger partial charge in [0.05, 0.1) is 6.04 Å². The molecule has 0 spiro atoms. The van der Waals surface area contributed by atoms with E-state index in [0.29, 0.717) is 22.6 Å². The monoisotopic (exact) mass is 416 g/mol. The number of fused-ring (bicyclic) bond motifs is 1. The van der Waals surface area contributed by atoms with Crippen molar-refractivity contribution < 1.29 is 22.1 Å². The van der Waals surface area contributed by atoms with E-state index in [2.05, 4.69) is 5.16 Å². The maximum atomic E-state index is 13.6. The molecule has 1 aliphatic heterocycles. The number of benzene rings is 2. The molecule has 0 N–H and O–H groups in total. The molecular formula is C21H21FN2O4S. The van der Waals surface area contributed by atoms with Gasteiger partial charge < -0.3 is 9.26 Å². The summed E-state index contributed by atoms with van der Waals surface area (Å²) in [6.45, 7) is 5.34. The Hall–Kier alpha value is -2.71. The molecule has 0 radical (unpaired) electrons. The third-order valence-electron chi connectivity index (χ3n) is 5.05. The molecule has 1 aliphatic rings. The van der Waals surface area contributed by atoms with Gasteiger partial charge in [0.15, 0.2) is 5.76 Å². The molecule has 2 heterocycles. The minimum atomic E-state index is -3.84. The molecule has 0 bridgehead atoms. The van der Waals surface area contributed by atoms with Crippen molar-refractivity contribution in [3.8, 4) is 16.9 Å². The number of sulfonamides is 1. The molecule has 0 unspecified atom stereocenters. The second-order valence-corrected chi connectivity index (χ2v) is 9.02. The standard InChI is InChI=1S/C21H21FN2O4S/c1-13-12-27-20-8-7-17(16-5-4-6-19(22)10-16)9-18(20)11-24(13)29(25,26)21-14(2)23-28-15(21)3/h4-10,13H,11-12H2,1-3H3/t13-/m0/s1. The number of hydrogen-bond donors (Lipinski definition) is 0. The van der Waals surface area contributed by atoms with Crippen LogP contribution in [0.15, 0.2) is 51.9 Å². The van der Waals surface area contributed by atoms with Crippen LogP contribution in [0.4, 0.5) is 4.39 Å². The Kier molecular flexibility index (Phi) is 4.92. The fraction of sp³-hybridized carbons (Fsp3) is 0.286. The molecule has 6 nitrogen and oxygen atoms in total. The van der Waals surface area contributed by atoms with E-state index in [-0.39, 0.29) is 29.6 Å². The van der Waals surface area contributed by atoms with Gasteiger partial charge in [0.25, 0.3) is 0 Å². The van der Waals surface area contributed by atoms with Crippen LogP contribution in [0.1, 0.15) is 23.9 Å². The van der Waals surface area contributed by atoms with E-state index in [0.717, 1.165) is 5.56 Å². The number of aryl methyl sites for hydroxylation is 2. The van der Waals surface area contributed by atoms with Crippen molar-refractivity contribution in [3.63, 3.8) is 0 Å². The van der Waals surface area contributed by atoms with E-state index in [1.165, 1.54) is 16.4 Å². The SMILES string of the molecule is Cc1noc(C)c1S(=O)(=O)N1Cc2cc(-c3cccc(F)c3)ccc2OC[C@@H]1C. The van der Waals surface area contributed by atoms with E-state index < -0.39 is 16.1 Å². The first-order valence-electron chi connectivity index (χ1n) is 9.24. The highest BCUT2D eigenvalue weighted by Gasteiger charge is 2.36. The Bertz CT molecular complexity index is 1150. The summed E-state index contributed by atoms with van der Waals surface area (Å²) in [5.74, 6) is 0.548. The van der Waals surface area contributed by atoms with Crippen molar-refractivity contribution in [2.24, 2.45) is 0 Å². The zero-order valence-electron chi connectivity index (χ0n) is 16.3. The van der Waals surface area contributed by atoms with Crippen LogP contribution in [-0.4, -0.2) is 30.5 Å².